The first-order valence-electron chi connectivity index (χ1n) is 11.2. The summed E-state index contributed by atoms with van der Waals surface area (Å²) in [6.07, 6.45) is 5.38. The van der Waals surface area contributed by atoms with Crippen molar-refractivity contribution >= 4 is 11.7 Å². The van der Waals surface area contributed by atoms with E-state index in [1.165, 1.54) is 0 Å². The van der Waals surface area contributed by atoms with Gasteiger partial charge in [-0.25, -0.2) is 9.78 Å². The van der Waals surface area contributed by atoms with E-state index in [1.807, 2.05) is 24.0 Å². The molecule has 3 aromatic heterocycles. The first-order valence-corrected chi connectivity index (χ1v) is 11.2. The number of pyridine rings is 2. The number of nitrogens with one attached hydrogen (secondary N) is 2. The first-order chi connectivity index (χ1) is 15.9. The summed E-state index contributed by atoms with van der Waals surface area (Å²) in [5.41, 5.74) is 2.70. The van der Waals surface area contributed by atoms with Crippen LogP contribution in [0, 0.1) is 11.3 Å². The number of piperidine rings is 1. The van der Waals surface area contributed by atoms with E-state index in [-0.39, 0.29) is 11.4 Å². The molecule has 0 aromatic carbocycles. The molecule has 174 valence electrons. The molecule has 0 radical (unpaired) electrons. The molecule has 1 saturated heterocycles. The third-order valence-corrected chi connectivity index (χ3v) is 6.04. The first kappa shape index (κ1) is 22.6. The minimum atomic E-state index is -0.168. The van der Waals surface area contributed by atoms with Gasteiger partial charge in [-0.3, -0.25) is 4.98 Å². The Balaban J connectivity index is 1.64. The van der Waals surface area contributed by atoms with Gasteiger partial charge in [0.2, 0.25) is 11.7 Å². The number of urea groups is 1. The van der Waals surface area contributed by atoms with Gasteiger partial charge in [0.15, 0.2) is 0 Å². The molecule has 2 N–H and O–H groups in total. The number of tetrazole rings is 1. The Hall–Kier alpha value is -3.56. The highest BCUT2D eigenvalue weighted by Gasteiger charge is 2.31. The lowest BCUT2D eigenvalue weighted by Gasteiger charge is -2.38. The molecule has 10 nitrogen and oxygen atoms in total. The minimum Gasteiger partial charge on any atom is -0.476 e. The number of nitrogens with zero attached hydrogens (tertiary/aromatic N) is 6. The summed E-state index contributed by atoms with van der Waals surface area (Å²) < 4.78 is 5.79. The van der Waals surface area contributed by atoms with Gasteiger partial charge in [0.1, 0.15) is 5.69 Å². The molecule has 0 spiro atoms. The van der Waals surface area contributed by atoms with Gasteiger partial charge in [-0.1, -0.05) is 20.8 Å². The predicted molar refractivity (Wildman–Crippen MR) is 125 cm³/mol. The van der Waals surface area contributed by atoms with Crippen LogP contribution in [0.2, 0.25) is 0 Å². The second-order valence-electron chi connectivity index (χ2n) is 9.20. The lowest BCUT2D eigenvalue weighted by molar-refractivity contribution is 0.127. The Bertz CT molecular complexity index is 1070. The fraction of sp³-hybridized carbons (Fsp3) is 0.478. The van der Waals surface area contributed by atoms with Gasteiger partial charge < -0.3 is 15.0 Å². The van der Waals surface area contributed by atoms with Gasteiger partial charge in [-0.2, -0.15) is 5.21 Å². The Labute approximate surface area is 193 Å². The standard InChI is InChI=1S/C23H30N8O2/c1-5-33-21-18(25-22(32)31-11-8-16(9-12-31)23(2,3)4)13-17(20-27-29-30-28-20)19(26-21)15-7-6-10-24-14-15/h6-7,10,13-14,16H,5,8-9,11-12H2,1-4H3,(H,25,32)(H,27,28,29,30). The SMILES string of the molecule is CCOc1nc(-c2cccnc2)c(-c2nn[nH]n2)cc1NC(=O)N1CCC(C(C)(C)C)CC1. The number of anilines is 1. The van der Waals surface area contributed by atoms with Crippen molar-refractivity contribution < 1.29 is 9.53 Å². The quantitative estimate of drug-likeness (QED) is 0.602. The summed E-state index contributed by atoms with van der Waals surface area (Å²) in [7, 11) is 0. The maximum atomic E-state index is 13.1. The van der Waals surface area contributed by atoms with Crippen LogP contribution in [-0.4, -0.2) is 61.2 Å². The zero-order valence-electron chi connectivity index (χ0n) is 19.5. The van der Waals surface area contributed by atoms with Crippen LogP contribution in [0.3, 0.4) is 0 Å². The van der Waals surface area contributed by atoms with Crippen LogP contribution < -0.4 is 10.1 Å². The number of carbonyl (C=O) groups excluding carboxylic acids is 1. The van der Waals surface area contributed by atoms with Crippen molar-refractivity contribution in [2.24, 2.45) is 11.3 Å². The van der Waals surface area contributed by atoms with Crippen LogP contribution in [0.25, 0.3) is 22.6 Å². The number of hydrogen-bond donors (Lipinski definition) is 2. The van der Waals surface area contributed by atoms with E-state index < -0.39 is 0 Å². The topological polar surface area (TPSA) is 122 Å². The zero-order chi connectivity index (χ0) is 23.4. The van der Waals surface area contributed by atoms with Crippen molar-refractivity contribution in [3.63, 3.8) is 0 Å². The summed E-state index contributed by atoms with van der Waals surface area (Å²) >= 11 is 0. The number of H-pyrrole nitrogens is 1. The molecule has 1 aliphatic rings. The number of carbonyl (C=O) groups is 1. The number of likely N-dealkylation sites (tertiary alicyclic amines) is 1. The van der Waals surface area contributed by atoms with Crippen LogP contribution in [0.15, 0.2) is 30.6 Å². The Morgan fingerprint density at radius 1 is 1.30 bits per heavy atom. The summed E-state index contributed by atoms with van der Waals surface area (Å²) in [6, 6.07) is 5.34. The molecular formula is C23H30N8O2. The van der Waals surface area contributed by atoms with Crippen molar-refractivity contribution in [2.45, 2.75) is 40.5 Å². The second kappa shape index (κ2) is 9.51. The fourth-order valence-corrected chi connectivity index (χ4v) is 4.14. The Kier molecular flexibility index (Phi) is 6.52. The maximum Gasteiger partial charge on any atom is 0.321 e. The number of amides is 2. The van der Waals surface area contributed by atoms with Crippen molar-refractivity contribution in [1.82, 2.24) is 35.5 Å². The van der Waals surface area contributed by atoms with Gasteiger partial charge in [0.05, 0.1) is 17.9 Å². The Morgan fingerprint density at radius 2 is 2.09 bits per heavy atom. The number of aromatic amines is 1. The van der Waals surface area contributed by atoms with Gasteiger partial charge >= 0.3 is 6.03 Å². The molecule has 10 heteroatoms. The van der Waals surface area contributed by atoms with Crippen LogP contribution in [0.4, 0.5) is 10.5 Å². The van der Waals surface area contributed by atoms with E-state index in [4.69, 9.17) is 9.72 Å². The molecule has 2 amide bonds. The number of rotatable bonds is 5. The van der Waals surface area contributed by atoms with Crippen molar-refractivity contribution in [3.8, 4) is 28.5 Å². The highest BCUT2D eigenvalue weighted by Crippen LogP contribution is 2.37. The van der Waals surface area contributed by atoms with Gasteiger partial charge in [-0.15, -0.1) is 10.2 Å². The molecule has 0 unspecified atom stereocenters. The van der Waals surface area contributed by atoms with E-state index in [9.17, 15) is 4.79 Å². The highest BCUT2D eigenvalue weighted by atomic mass is 16.5. The number of ether oxygens (including phenoxy) is 1. The molecule has 3 aromatic rings. The van der Waals surface area contributed by atoms with E-state index in [0.717, 1.165) is 31.5 Å². The summed E-state index contributed by atoms with van der Waals surface area (Å²) in [6.45, 7) is 10.5. The average molecular weight is 451 g/mol. The molecule has 0 saturated carbocycles. The number of hydrogen-bond acceptors (Lipinski definition) is 7. The molecular weight excluding hydrogens is 420 g/mol. The third kappa shape index (κ3) is 5.10. The second-order valence-corrected chi connectivity index (χ2v) is 9.20. The molecule has 4 heterocycles. The normalized spacial score (nSPS) is 14.8. The summed E-state index contributed by atoms with van der Waals surface area (Å²) in [5, 5.41) is 17.4. The van der Waals surface area contributed by atoms with Crippen LogP contribution >= 0.6 is 0 Å². The van der Waals surface area contributed by atoms with Gasteiger partial charge in [0, 0.05) is 31.0 Å². The van der Waals surface area contributed by atoms with Gasteiger partial charge in [-0.05, 0) is 54.5 Å². The number of aromatic nitrogens is 6. The van der Waals surface area contributed by atoms with E-state index >= 15 is 0 Å². The molecule has 1 fully saturated rings. The fourth-order valence-electron chi connectivity index (χ4n) is 4.14. The van der Waals surface area contributed by atoms with E-state index in [1.54, 1.807) is 18.5 Å². The van der Waals surface area contributed by atoms with Crippen LogP contribution in [-0.2, 0) is 0 Å². The van der Waals surface area contributed by atoms with E-state index in [2.05, 4.69) is 51.7 Å². The lowest BCUT2D eigenvalue weighted by atomic mass is 9.75. The highest BCUT2D eigenvalue weighted by molar-refractivity contribution is 5.93. The zero-order valence-corrected chi connectivity index (χ0v) is 19.5. The van der Waals surface area contributed by atoms with Crippen LogP contribution in [0.1, 0.15) is 40.5 Å². The third-order valence-electron chi connectivity index (χ3n) is 6.04. The minimum absolute atomic E-state index is 0.168. The summed E-state index contributed by atoms with van der Waals surface area (Å²) in [5.74, 6) is 1.30. The molecule has 33 heavy (non-hydrogen) atoms. The van der Waals surface area contributed by atoms with Crippen molar-refractivity contribution in [3.05, 3.63) is 30.6 Å². The van der Waals surface area contributed by atoms with E-state index in [0.29, 0.717) is 41.2 Å². The Morgan fingerprint density at radius 3 is 2.70 bits per heavy atom. The largest absolute Gasteiger partial charge is 0.476 e. The smallest absolute Gasteiger partial charge is 0.321 e. The molecule has 0 aliphatic carbocycles. The molecule has 1 aliphatic heterocycles. The lowest BCUT2D eigenvalue weighted by Crippen LogP contribution is -2.43. The monoisotopic (exact) mass is 450 g/mol. The molecule has 4 rings (SSSR count). The molecule has 0 atom stereocenters. The average Bonchev–Trinajstić information content (AvgIpc) is 3.35. The van der Waals surface area contributed by atoms with Crippen molar-refractivity contribution in [1.29, 1.82) is 0 Å². The maximum absolute atomic E-state index is 13.1. The predicted octanol–water partition coefficient (Wildman–Crippen LogP) is 4.01. The van der Waals surface area contributed by atoms with Gasteiger partial charge in [0.25, 0.3) is 0 Å². The summed E-state index contributed by atoms with van der Waals surface area (Å²) in [4.78, 5) is 23.9. The molecule has 0 bridgehead atoms. The van der Waals surface area contributed by atoms with Crippen molar-refractivity contribution in [2.75, 3.05) is 25.0 Å². The van der Waals surface area contributed by atoms with Crippen LogP contribution in [0.5, 0.6) is 5.88 Å².